The molecule has 2 amide bonds. The number of rotatable bonds is 3. The summed E-state index contributed by atoms with van der Waals surface area (Å²) in [6, 6.07) is 3.06. The lowest BCUT2D eigenvalue weighted by Gasteiger charge is -2.10. The van der Waals surface area contributed by atoms with Crippen molar-refractivity contribution in [2.24, 2.45) is 0 Å². The molecule has 16 heavy (non-hydrogen) atoms. The molecule has 0 unspecified atom stereocenters. The zero-order valence-corrected chi connectivity index (χ0v) is 10.4. The minimum absolute atomic E-state index is 0.282. The Balaban J connectivity index is 2.86. The van der Waals surface area contributed by atoms with E-state index in [1.807, 2.05) is 0 Å². The standard InChI is InChI=1S/C10H12Cl2N2O2/c1-13-10(15)14-5-6-3-7(16-2)4-8(11)9(6)12/h3-4H,5H2,1-2H3,(H2,13,14,15). The van der Waals surface area contributed by atoms with Crippen LogP contribution >= 0.6 is 23.2 Å². The Kier molecular flexibility index (Phi) is 4.71. The molecule has 88 valence electrons. The van der Waals surface area contributed by atoms with Gasteiger partial charge in [0.2, 0.25) is 0 Å². The van der Waals surface area contributed by atoms with Crippen LogP contribution in [0.5, 0.6) is 5.75 Å². The molecule has 0 saturated carbocycles. The van der Waals surface area contributed by atoms with Crippen molar-refractivity contribution in [3.63, 3.8) is 0 Å². The summed E-state index contributed by atoms with van der Waals surface area (Å²) in [7, 11) is 3.07. The van der Waals surface area contributed by atoms with Gasteiger partial charge in [-0.3, -0.25) is 0 Å². The Morgan fingerprint density at radius 1 is 1.44 bits per heavy atom. The summed E-state index contributed by atoms with van der Waals surface area (Å²) in [5, 5.41) is 5.87. The second kappa shape index (κ2) is 5.82. The first-order valence-electron chi connectivity index (χ1n) is 4.56. The number of urea groups is 1. The monoisotopic (exact) mass is 262 g/mol. The van der Waals surface area contributed by atoms with Gasteiger partial charge in [0.05, 0.1) is 17.2 Å². The molecule has 4 nitrogen and oxygen atoms in total. The van der Waals surface area contributed by atoms with Crippen LogP contribution in [-0.4, -0.2) is 20.2 Å². The fourth-order valence-corrected chi connectivity index (χ4v) is 1.53. The summed E-state index contributed by atoms with van der Waals surface area (Å²) in [6.45, 7) is 0.287. The number of nitrogens with one attached hydrogen (secondary N) is 2. The van der Waals surface area contributed by atoms with Crippen molar-refractivity contribution < 1.29 is 9.53 Å². The summed E-state index contributed by atoms with van der Waals surface area (Å²) in [6.07, 6.45) is 0. The quantitative estimate of drug-likeness (QED) is 0.879. The van der Waals surface area contributed by atoms with Gasteiger partial charge in [0, 0.05) is 19.7 Å². The predicted octanol–water partition coefficient (Wildman–Crippen LogP) is 2.43. The molecule has 0 aliphatic rings. The number of hydrogen-bond acceptors (Lipinski definition) is 2. The molecule has 6 heteroatoms. The second-order valence-corrected chi connectivity index (χ2v) is 3.80. The van der Waals surface area contributed by atoms with E-state index in [0.717, 1.165) is 0 Å². The van der Waals surface area contributed by atoms with Crippen LogP contribution in [0.1, 0.15) is 5.56 Å². The molecular weight excluding hydrogens is 251 g/mol. The number of methoxy groups -OCH3 is 1. The number of halogens is 2. The average molecular weight is 263 g/mol. The molecule has 1 aromatic rings. The second-order valence-electron chi connectivity index (χ2n) is 3.02. The third kappa shape index (κ3) is 3.18. The summed E-state index contributed by atoms with van der Waals surface area (Å²) >= 11 is 11.9. The van der Waals surface area contributed by atoms with E-state index in [2.05, 4.69) is 10.6 Å². The summed E-state index contributed by atoms with van der Waals surface area (Å²) < 4.78 is 5.05. The van der Waals surface area contributed by atoms with Crippen LogP contribution in [0.3, 0.4) is 0 Å². The zero-order valence-electron chi connectivity index (χ0n) is 8.93. The molecule has 0 aliphatic carbocycles. The van der Waals surface area contributed by atoms with Crippen LogP contribution in [0.4, 0.5) is 4.79 Å². The van der Waals surface area contributed by atoms with E-state index in [1.54, 1.807) is 12.1 Å². The third-order valence-electron chi connectivity index (χ3n) is 1.98. The topological polar surface area (TPSA) is 50.4 Å². The zero-order chi connectivity index (χ0) is 12.1. The molecule has 0 aromatic heterocycles. The largest absolute Gasteiger partial charge is 0.497 e. The Hall–Kier alpha value is -1.13. The van der Waals surface area contributed by atoms with E-state index in [-0.39, 0.29) is 12.6 Å². The van der Waals surface area contributed by atoms with Gasteiger partial charge < -0.3 is 15.4 Å². The van der Waals surface area contributed by atoms with Crippen molar-refractivity contribution in [1.82, 2.24) is 10.6 Å². The molecule has 2 N–H and O–H groups in total. The molecule has 0 atom stereocenters. The molecule has 0 spiro atoms. The summed E-state index contributed by atoms with van der Waals surface area (Å²) in [4.78, 5) is 11.0. The highest BCUT2D eigenvalue weighted by atomic mass is 35.5. The first-order valence-corrected chi connectivity index (χ1v) is 5.31. The normalized spacial score (nSPS) is 9.75. The molecular formula is C10H12Cl2N2O2. The first-order chi connectivity index (χ1) is 7.58. The van der Waals surface area contributed by atoms with Gasteiger partial charge in [-0.15, -0.1) is 0 Å². The maximum absolute atomic E-state index is 11.0. The van der Waals surface area contributed by atoms with Crippen LogP contribution in [0.2, 0.25) is 10.0 Å². The maximum Gasteiger partial charge on any atom is 0.314 e. The van der Waals surface area contributed by atoms with Crippen molar-refractivity contribution in [2.75, 3.05) is 14.2 Å². The number of carbonyl (C=O) groups excluding carboxylic acids is 1. The molecule has 0 radical (unpaired) electrons. The Labute approximate surface area is 104 Å². The molecule has 0 fully saturated rings. The van der Waals surface area contributed by atoms with E-state index in [0.29, 0.717) is 21.4 Å². The van der Waals surface area contributed by atoms with Crippen LogP contribution in [0, 0.1) is 0 Å². The average Bonchev–Trinajstić information content (AvgIpc) is 2.30. The van der Waals surface area contributed by atoms with E-state index in [1.165, 1.54) is 14.2 Å². The number of hydrogen-bond donors (Lipinski definition) is 2. The summed E-state index contributed by atoms with van der Waals surface area (Å²) in [5.74, 6) is 0.600. The van der Waals surface area contributed by atoms with E-state index >= 15 is 0 Å². The smallest absolute Gasteiger partial charge is 0.314 e. The summed E-state index contributed by atoms with van der Waals surface area (Å²) in [5.41, 5.74) is 0.703. The van der Waals surface area contributed by atoms with Crippen molar-refractivity contribution in [1.29, 1.82) is 0 Å². The van der Waals surface area contributed by atoms with Gasteiger partial charge >= 0.3 is 6.03 Å². The lowest BCUT2D eigenvalue weighted by Crippen LogP contribution is -2.32. The van der Waals surface area contributed by atoms with Crippen LogP contribution in [-0.2, 0) is 6.54 Å². The van der Waals surface area contributed by atoms with Gasteiger partial charge in [-0.2, -0.15) is 0 Å². The molecule has 1 rings (SSSR count). The highest BCUT2D eigenvalue weighted by molar-refractivity contribution is 6.42. The predicted molar refractivity (Wildman–Crippen MR) is 64.3 cm³/mol. The lowest BCUT2D eigenvalue weighted by atomic mass is 10.2. The molecule has 1 aromatic carbocycles. The number of carbonyl (C=O) groups is 1. The van der Waals surface area contributed by atoms with E-state index < -0.39 is 0 Å². The van der Waals surface area contributed by atoms with Crippen molar-refractivity contribution in [3.8, 4) is 5.75 Å². The van der Waals surface area contributed by atoms with Gasteiger partial charge in [0.1, 0.15) is 5.75 Å². The van der Waals surface area contributed by atoms with Crippen LogP contribution in [0.25, 0.3) is 0 Å². The maximum atomic E-state index is 11.0. The Morgan fingerprint density at radius 3 is 2.69 bits per heavy atom. The fourth-order valence-electron chi connectivity index (χ4n) is 1.13. The first kappa shape index (κ1) is 12.9. The highest BCUT2D eigenvalue weighted by Gasteiger charge is 2.08. The molecule has 0 aliphatic heterocycles. The van der Waals surface area contributed by atoms with E-state index in [9.17, 15) is 4.79 Å². The lowest BCUT2D eigenvalue weighted by molar-refractivity contribution is 0.242. The van der Waals surface area contributed by atoms with Gasteiger partial charge in [0.15, 0.2) is 0 Å². The van der Waals surface area contributed by atoms with Crippen molar-refractivity contribution in [2.45, 2.75) is 6.54 Å². The van der Waals surface area contributed by atoms with Gasteiger partial charge in [0.25, 0.3) is 0 Å². The van der Waals surface area contributed by atoms with Gasteiger partial charge in [-0.1, -0.05) is 23.2 Å². The molecule has 0 bridgehead atoms. The molecule has 0 heterocycles. The number of amides is 2. The van der Waals surface area contributed by atoms with Crippen molar-refractivity contribution >= 4 is 29.2 Å². The highest BCUT2D eigenvalue weighted by Crippen LogP contribution is 2.30. The number of ether oxygens (including phenoxy) is 1. The van der Waals surface area contributed by atoms with Crippen molar-refractivity contribution in [3.05, 3.63) is 27.7 Å². The van der Waals surface area contributed by atoms with Gasteiger partial charge in [-0.25, -0.2) is 4.79 Å². The SMILES string of the molecule is CNC(=O)NCc1cc(OC)cc(Cl)c1Cl. The fraction of sp³-hybridized carbons (Fsp3) is 0.300. The van der Waals surface area contributed by atoms with Crippen LogP contribution < -0.4 is 15.4 Å². The van der Waals surface area contributed by atoms with Gasteiger partial charge in [-0.05, 0) is 11.6 Å². The minimum Gasteiger partial charge on any atom is -0.497 e. The number of benzene rings is 1. The Bertz CT molecular complexity index is 397. The Morgan fingerprint density at radius 2 is 2.12 bits per heavy atom. The third-order valence-corrected chi connectivity index (χ3v) is 2.82. The van der Waals surface area contributed by atoms with E-state index in [4.69, 9.17) is 27.9 Å². The van der Waals surface area contributed by atoms with Crippen LogP contribution in [0.15, 0.2) is 12.1 Å². The minimum atomic E-state index is -0.282. The molecule has 0 saturated heterocycles.